The van der Waals surface area contributed by atoms with Crippen LogP contribution in [-0.4, -0.2) is 35.9 Å². The van der Waals surface area contributed by atoms with Crippen molar-refractivity contribution in [2.45, 2.75) is 91.3 Å². The number of aliphatic hydroxyl groups is 1. The lowest BCUT2D eigenvalue weighted by Gasteiger charge is -2.37. The van der Waals surface area contributed by atoms with Gasteiger partial charge in [-0.2, -0.15) is 0 Å². The number of hydrogen-bond acceptors (Lipinski definition) is 5. The minimum atomic E-state index is -1.05. The molecule has 0 amide bonds. The second kappa shape index (κ2) is 15.8. The maximum atomic E-state index is 11.0. The summed E-state index contributed by atoms with van der Waals surface area (Å²) in [5.74, 6) is 0.762. The van der Waals surface area contributed by atoms with Crippen LogP contribution < -0.4 is 15.1 Å². The van der Waals surface area contributed by atoms with E-state index in [2.05, 4.69) is 150 Å². The number of anilines is 3. The molecule has 1 N–H and O–H groups in total. The summed E-state index contributed by atoms with van der Waals surface area (Å²) in [4.78, 5) is 7.67. The lowest BCUT2D eigenvalue weighted by molar-refractivity contribution is -0.0893. The highest BCUT2D eigenvalue weighted by molar-refractivity contribution is 6.47. The van der Waals surface area contributed by atoms with Gasteiger partial charge in [-0.25, -0.2) is 4.98 Å². The van der Waals surface area contributed by atoms with Crippen LogP contribution in [0.3, 0.4) is 0 Å². The third-order valence-corrected chi connectivity index (χ3v) is 10.8. The minimum Gasteiger partial charge on any atom is -0.496 e. The van der Waals surface area contributed by atoms with E-state index in [9.17, 15) is 5.11 Å². The van der Waals surface area contributed by atoms with Crippen LogP contribution in [0.15, 0.2) is 133 Å². The Morgan fingerprint density at radius 2 is 1.05 bits per heavy atom. The molecule has 6 heteroatoms. The molecule has 288 valence electrons. The van der Waals surface area contributed by atoms with Gasteiger partial charge in [-0.15, -0.1) is 0 Å². The van der Waals surface area contributed by atoms with Gasteiger partial charge in [-0.1, -0.05) is 120 Å². The predicted molar refractivity (Wildman–Crippen MR) is 237 cm³/mol. The quantitative estimate of drug-likeness (QED) is 0.134. The summed E-state index contributed by atoms with van der Waals surface area (Å²) in [5, 5.41) is 11.0. The van der Waals surface area contributed by atoms with Crippen molar-refractivity contribution in [2.75, 3.05) is 12.0 Å². The molecule has 0 atom stereocenters. The number of benzene rings is 5. The molecule has 5 aromatic carbocycles. The van der Waals surface area contributed by atoms with Crippen LogP contribution in [-0.2, 0) is 15.5 Å². The highest BCUT2D eigenvalue weighted by atomic mass is 16.5. The lowest BCUT2D eigenvalue weighted by atomic mass is 9.78. The van der Waals surface area contributed by atoms with Crippen molar-refractivity contribution in [2.24, 2.45) is 0 Å². The van der Waals surface area contributed by atoms with E-state index in [0.29, 0.717) is 0 Å². The monoisotopic (exact) mass is 744 g/mol. The van der Waals surface area contributed by atoms with Crippen LogP contribution in [0.5, 0.6) is 5.75 Å². The molecule has 0 radical (unpaired) electrons. The van der Waals surface area contributed by atoms with Gasteiger partial charge in [0.25, 0.3) is 0 Å². The summed E-state index contributed by atoms with van der Waals surface area (Å²) in [6, 6.07) is 46.9. The van der Waals surface area contributed by atoms with Gasteiger partial charge in [0.1, 0.15) is 5.75 Å². The zero-order valence-corrected chi connectivity index (χ0v) is 35.1. The molecule has 1 aromatic heterocycles. The minimum absolute atomic E-state index is 0.0458. The van der Waals surface area contributed by atoms with Crippen molar-refractivity contribution in [1.29, 1.82) is 0 Å². The molecule has 5 nitrogen and oxygen atoms in total. The van der Waals surface area contributed by atoms with Gasteiger partial charge >= 0.3 is 7.48 Å². The molecule has 0 saturated heterocycles. The van der Waals surface area contributed by atoms with Crippen LogP contribution in [0.1, 0.15) is 80.4 Å². The highest BCUT2D eigenvalue weighted by Gasteiger charge is 2.36. The van der Waals surface area contributed by atoms with Gasteiger partial charge in [0.15, 0.2) is 0 Å². The number of aromatic nitrogens is 1. The Morgan fingerprint density at radius 3 is 1.59 bits per heavy atom. The molecule has 6 aromatic rings. The topological polar surface area (TPSA) is 54.8 Å². The number of nitrogens with zero attached hydrogens (tertiary/aromatic N) is 2. The van der Waals surface area contributed by atoms with Gasteiger partial charge < -0.3 is 19.4 Å². The van der Waals surface area contributed by atoms with Crippen molar-refractivity contribution >= 4 is 30.0 Å². The summed E-state index contributed by atoms with van der Waals surface area (Å²) in [6.07, 6.45) is 0. The molecule has 0 unspecified atom stereocenters. The predicted octanol–water partition coefficient (Wildman–Crippen LogP) is 11.7. The van der Waals surface area contributed by atoms with E-state index >= 15 is 0 Å². The zero-order chi connectivity index (χ0) is 40.5. The number of ether oxygens (including phenoxy) is 1. The van der Waals surface area contributed by atoms with Gasteiger partial charge in [-0.3, -0.25) is 0 Å². The van der Waals surface area contributed by atoms with E-state index in [0.717, 1.165) is 61.9 Å². The Morgan fingerprint density at radius 1 is 0.536 bits per heavy atom. The summed E-state index contributed by atoms with van der Waals surface area (Å²) in [5.41, 5.74) is 10.3. The Kier molecular flexibility index (Phi) is 11.4. The first-order chi connectivity index (χ1) is 26.3. The van der Waals surface area contributed by atoms with E-state index in [1.165, 1.54) is 11.1 Å². The largest absolute Gasteiger partial charge is 0.496 e. The molecule has 0 aliphatic rings. The van der Waals surface area contributed by atoms with Gasteiger partial charge in [0.2, 0.25) is 0 Å². The first-order valence-electron chi connectivity index (χ1n) is 19.6. The average molecular weight is 745 g/mol. The normalized spacial score (nSPS) is 12.4. The molecular weight excluding hydrogens is 687 g/mol. The Labute approximate surface area is 335 Å². The van der Waals surface area contributed by atoms with Crippen LogP contribution >= 0.6 is 0 Å². The smallest absolute Gasteiger partial charge is 0.309 e. The van der Waals surface area contributed by atoms with Gasteiger partial charge in [0.05, 0.1) is 29.7 Å². The Balaban J connectivity index is 1.64. The van der Waals surface area contributed by atoms with E-state index < -0.39 is 11.2 Å². The summed E-state index contributed by atoms with van der Waals surface area (Å²) >= 11 is 0. The number of hydrogen-bond donors (Lipinski definition) is 1. The van der Waals surface area contributed by atoms with Gasteiger partial charge in [0, 0.05) is 28.2 Å². The van der Waals surface area contributed by atoms with Crippen molar-refractivity contribution in [1.82, 2.24) is 4.98 Å². The molecule has 0 spiro atoms. The average Bonchev–Trinajstić information content (AvgIpc) is 3.16. The maximum Gasteiger partial charge on any atom is 0.309 e. The third kappa shape index (κ3) is 9.10. The number of para-hydroxylation sites is 3. The van der Waals surface area contributed by atoms with E-state index in [1.54, 1.807) is 21.0 Å². The van der Waals surface area contributed by atoms with E-state index in [1.807, 2.05) is 44.2 Å². The number of pyridine rings is 1. The Hall–Kier alpha value is -5.17. The zero-order valence-electron chi connectivity index (χ0n) is 35.1. The molecule has 56 heavy (non-hydrogen) atoms. The highest BCUT2D eigenvalue weighted by Crippen LogP contribution is 2.40. The van der Waals surface area contributed by atoms with Crippen molar-refractivity contribution in [3.05, 3.63) is 145 Å². The summed E-state index contributed by atoms with van der Waals surface area (Å²) in [6.45, 7) is 21.1. The first-order valence-corrected chi connectivity index (χ1v) is 19.6. The molecule has 0 aliphatic heterocycles. The number of methoxy groups -OCH3 is 1. The standard InChI is InChI=1S/C50H57BN2O3/c1-47(2,3)37-26-34(27-38(32-37)48(4,5)6)35-30-44(52-45(31-35)43-24-18-19-25-46(43)55-11)36-28-39(51-56-50(9,10)49(7,8)54)33-42(29-36)53(40-20-14-12-15-21-40)41-22-16-13-17-23-41/h12-33,51,54H,1-11H3. The van der Waals surface area contributed by atoms with Crippen molar-refractivity contribution < 1.29 is 14.5 Å². The third-order valence-electron chi connectivity index (χ3n) is 10.8. The summed E-state index contributed by atoms with van der Waals surface area (Å²) < 4.78 is 12.4. The fourth-order valence-corrected chi connectivity index (χ4v) is 6.58. The van der Waals surface area contributed by atoms with Crippen LogP contribution in [0.2, 0.25) is 0 Å². The SMILES string of the molecule is COc1ccccc1-c1cc(-c2cc(C(C)(C)C)cc(C(C)(C)C)c2)cc(-c2cc(BOC(C)(C)C(C)(C)O)cc(N(c3ccccc3)c3ccccc3)c2)n1. The van der Waals surface area contributed by atoms with Crippen LogP contribution in [0.25, 0.3) is 33.6 Å². The first kappa shape index (κ1) is 40.5. The van der Waals surface area contributed by atoms with E-state index in [-0.39, 0.29) is 18.3 Å². The molecule has 6 rings (SSSR count). The molecule has 0 aliphatic carbocycles. The molecule has 0 saturated carbocycles. The van der Waals surface area contributed by atoms with Crippen LogP contribution in [0, 0.1) is 0 Å². The molecule has 0 fully saturated rings. The second-order valence-corrected chi connectivity index (χ2v) is 17.9. The summed E-state index contributed by atoms with van der Waals surface area (Å²) in [7, 11) is 2.00. The Bertz CT molecular complexity index is 2210. The lowest BCUT2D eigenvalue weighted by Crippen LogP contribution is -2.49. The maximum absolute atomic E-state index is 11.0. The second-order valence-electron chi connectivity index (χ2n) is 17.9. The fraction of sp³-hybridized carbons (Fsp3) is 0.300. The number of rotatable bonds is 11. The van der Waals surface area contributed by atoms with Crippen molar-refractivity contribution in [3.8, 4) is 39.4 Å². The van der Waals surface area contributed by atoms with Crippen molar-refractivity contribution in [3.63, 3.8) is 0 Å². The van der Waals surface area contributed by atoms with E-state index in [4.69, 9.17) is 14.4 Å². The van der Waals surface area contributed by atoms with Gasteiger partial charge in [-0.05, 0) is 121 Å². The van der Waals surface area contributed by atoms with Crippen LogP contribution in [0.4, 0.5) is 17.1 Å². The molecular formula is C50H57BN2O3. The fourth-order valence-electron chi connectivity index (χ4n) is 6.58. The molecule has 0 bridgehead atoms. The molecule has 1 heterocycles.